The predicted octanol–water partition coefficient (Wildman–Crippen LogP) is 3.26. The van der Waals surface area contributed by atoms with Crippen molar-refractivity contribution >= 4 is 63.5 Å². The summed E-state index contributed by atoms with van der Waals surface area (Å²) in [6, 6.07) is 17.1. The number of amides is 7. The van der Waals surface area contributed by atoms with Crippen molar-refractivity contribution < 1.29 is 43.0 Å². The number of piperidine rings is 1. The van der Waals surface area contributed by atoms with Crippen LogP contribution in [0.1, 0.15) is 33.6 Å². The van der Waals surface area contributed by atoms with Crippen molar-refractivity contribution in [2.75, 3.05) is 49.0 Å². The van der Waals surface area contributed by atoms with Crippen molar-refractivity contribution in [2.24, 2.45) is 0 Å². The van der Waals surface area contributed by atoms with Crippen molar-refractivity contribution in [3.8, 4) is 5.75 Å². The Kier molecular flexibility index (Phi) is 9.92. The molecular weight excluding hydrogens is 636 g/mol. The molecule has 1 unspecified atom stereocenters. The van der Waals surface area contributed by atoms with Gasteiger partial charge in [0.05, 0.1) is 30.9 Å². The van der Waals surface area contributed by atoms with Crippen LogP contribution in [0, 0.1) is 0 Å². The lowest BCUT2D eigenvalue weighted by Gasteiger charge is -2.27. The zero-order chi connectivity index (χ0) is 34.3. The van der Waals surface area contributed by atoms with Gasteiger partial charge in [-0.05, 0) is 73.2 Å². The van der Waals surface area contributed by atoms with E-state index in [2.05, 4.69) is 26.3 Å². The van der Waals surface area contributed by atoms with Crippen molar-refractivity contribution in [1.29, 1.82) is 0 Å². The summed E-state index contributed by atoms with van der Waals surface area (Å²) in [7, 11) is 0. The lowest BCUT2D eigenvalue weighted by molar-refractivity contribution is -0.136. The predicted molar refractivity (Wildman–Crippen MR) is 176 cm³/mol. The van der Waals surface area contributed by atoms with Crippen LogP contribution in [0.2, 0.25) is 0 Å². The molecule has 7 amide bonds. The normalized spacial score (nSPS) is 15.6. The van der Waals surface area contributed by atoms with Crippen molar-refractivity contribution in [3.63, 3.8) is 0 Å². The lowest BCUT2D eigenvalue weighted by atomic mass is 10.0. The number of urea groups is 1. The summed E-state index contributed by atoms with van der Waals surface area (Å²) >= 11 is 0. The smallest absolute Gasteiger partial charge is 0.323 e. The molecule has 6 rings (SSSR count). The van der Waals surface area contributed by atoms with E-state index in [4.69, 9.17) is 14.2 Å². The summed E-state index contributed by atoms with van der Waals surface area (Å²) in [6.07, 6.45) is 1.95. The first-order valence-corrected chi connectivity index (χ1v) is 15.4. The number of carbonyl (C=O) groups is 6. The van der Waals surface area contributed by atoms with Crippen LogP contribution < -0.4 is 26.0 Å². The Bertz CT molecular complexity index is 1920. The van der Waals surface area contributed by atoms with Crippen molar-refractivity contribution in [3.05, 3.63) is 84.1 Å². The fraction of sp³-hybridized carbons (Fsp3) is 0.235. The van der Waals surface area contributed by atoms with E-state index in [9.17, 15) is 28.8 Å². The molecule has 252 valence electrons. The molecule has 0 saturated carbocycles. The zero-order valence-electron chi connectivity index (χ0n) is 26.1. The molecule has 15 nitrogen and oxygen atoms in total. The molecule has 0 radical (unpaired) electrons. The maximum Gasteiger partial charge on any atom is 0.323 e. The number of nitrogens with one attached hydrogen (secondary N) is 5. The van der Waals surface area contributed by atoms with Gasteiger partial charge in [-0.25, -0.2) is 4.79 Å². The molecule has 1 fully saturated rings. The Morgan fingerprint density at radius 2 is 1.45 bits per heavy atom. The highest BCUT2D eigenvalue weighted by Gasteiger charge is 2.44. The molecule has 3 aromatic carbocycles. The molecular formula is C34H32N6O9. The van der Waals surface area contributed by atoms with Crippen LogP contribution in [0.3, 0.4) is 0 Å². The average molecular weight is 669 g/mol. The molecule has 5 N–H and O–H groups in total. The maximum absolute atomic E-state index is 12.9. The molecule has 49 heavy (non-hydrogen) atoms. The number of imide groups is 2. The number of H-pyrrole nitrogens is 1. The minimum absolute atomic E-state index is 0.0428. The van der Waals surface area contributed by atoms with Crippen molar-refractivity contribution in [1.82, 2.24) is 15.2 Å². The number of hydrogen-bond acceptors (Lipinski definition) is 9. The zero-order valence-corrected chi connectivity index (χ0v) is 26.1. The Labute approximate surface area is 279 Å². The van der Waals surface area contributed by atoms with E-state index in [-0.39, 0.29) is 62.9 Å². The van der Waals surface area contributed by atoms with Gasteiger partial charge in [0.2, 0.25) is 17.7 Å². The third kappa shape index (κ3) is 7.91. The molecule has 1 aromatic heterocycles. The van der Waals surface area contributed by atoms with Gasteiger partial charge in [0.1, 0.15) is 25.0 Å². The molecule has 4 aromatic rings. The Hall–Kier alpha value is -6.06. The third-order valence-corrected chi connectivity index (χ3v) is 7.75. The van der Waals surface area contributed by atoms with E-state index < -0.39 is 35.7 Å². The van der Waals surface area contributed by atoms with Gasteiger partial charge in [-0.1, -0.05) is 0 Å². The molecule has 0 spiro atoms. The molecule has 15 heteroatoms. The fourth-order valence-corrected chi connectivity index (χ4v) is 5.40. The van der Waals surface area contributed by atoms with Crippen LogP contribution in [0.5, 0.6) is 5.75 Å². The van der Waals surface area contributed by atoms with E-state index in [1.54, 1.807) is 36.4 Å². The van der Waals surface area contributed by atoms with Gasteiger partial charge in [-0.2, -0.15) is 0 Å². The van der Waals surface area contributed by atoms with Crippen LogP contribution in [-0.4, -0.2) is 84.5 Å². The highest BCUT2D eigenvalue weighted by atomic mass is 16.5. The number of fused-ring (bicyclic) bond motifs is 2. The maximum atomic E-state index is 12.9. The summed E-state index contributed by atoms with van der Waals surface area (Å²) in [6.45, 7) is 0.520. The summed E-state index contributed by atoms with van der Waals surface area (Å²) in [5.41, 5.74) is 3.00. The SMILES string of the molecule is O=C1CCC(N2C(=O)c3ccc(OCCOCCOCC(=O)Nc4ccc(NC(=O)Nc5ccc6[nH]ccc6c5)cc4)cc3C2=O)C(=O)N1. The second-order valence-electron chi connectivity index (χ2n) is 11.2. The summed E-state index contributed by atoms with van der Waals surface area (Å²) < 4.78 is 16.5. The molecule has 0 bridgehead atoms. The summed E-state index contributed by atoms with van der Waals surface area (Å²) in [5.74, 6) is -2.33. The highest BCUT2D eigenvalue weighted by molar-refractivity contribution is 6.23. The number of hydrogen-bond donors (Lipinski definition) is 5. The fourth-order valence-electron chi connectivity index (χ4n) is 5.40. The van der Waals surface area contributed by atoms with Gasteiger partial charge in [0.15, 0.2) is 0 Å². The van der Waals surface area contributed by atoms with E-state index in [0.29, 0.717) is 22.8 Å². The molecule has 2 aliphatic rings. The number of rotatable bonds is 13. The van der Waals surface area contributed by atoms with Crippen molar-refractivity contribution in [2.45, 2.75) is 18.9 Å². The first kappa shape index (κ1) is 32.9. The van der Waals surface area contributed by atoms with Gasteiger partial charge >= 0.3 is 6.03 Å². The van der Waals surface area contributed by atoms with Crippen LogP contribution in [0.25, 0.3) is 10.9 Å². The van der Waals surface area contributed by atoms with E-state index in [0.717, 1.165) is 15.8 Å². The number of ether oxygens (including phenoxy) is 3. The quantitative estimate of drug-likeness (QED) is 0.105. The number of aromatic nitrogens is 1. The molecule has 3 heterocycles. The molecule has 2 aliphatic heterocycles. The highest BCUT2D eigenvalue weighted by Crippen LogP contribution is 2.30. The Morgan fingerprint density at radius 1 is 0.755 bits per heavy atom. The summed E-state index contributed by atoms with van der Waals surface area (Å²) in [5, 5.41) is 11.4. The first-order valence-electron chi connectivity index (χ1n) is 15.4. The van der Waals surface area contributed by atoms with Gasteiger partial charge in [-0.15, -0.1) is 0 Å². The monoisotopic (exact) mass is 668 g/mol. The van der Waals surface area contributed by atoms with E-state index >= 15 is 0 Å². The number of nitrogens with zero attached hydrogens (tertiary/aromatic N) is 1. The summed E-state index contributed by atoms with van der Waals surface area (Å²) in [4.78, 5) is 78.0. The van der Waals surface area contributed by atoms with E-state index in [1.807, 2.05) is 24.4 Å². The number of carbonyl (C=O) groups excluding carboxylic acids is 6. The van der Waals surface area contributed by atoms with Crippen LogP contribution in [-0.2, 0) is 23.9 Å². The first-order chi connectivity index (χ1) is 23.7. The Morgan fingerprint density at radius 3 is 2.24 bits per heavy atom. The van der Waals surface area contributed by atoms with Gasteiger partial charge < -0.3 is 35.1 Å². The topological polar surface area (TPSA) is 197 Å². The van der Waals surface area contributed by atoms with Crippen LogP contribution >= 0.6 is 0 Å². The van der Waals surface area contributed by atoms with Gasteiger partial charge in [0, 0.05) is 40.6 Å². The van der Waals surface area contributed by atoms with Gasteiger partial charge in [0.25, 0.3) is 11.8 Å². The number of benzene rings is 3. The standard InChI is InChI=1S/C34H32N6O9/c41-29-10-9-28(31(43)39-29)40-32(44)25-7-6-24(18-26(25)33(40)45)49-16-15-47-13-14-48-19-30(42)36-21-1-3-22(4-2-21)37-34(46)38-23-5-8-27-20(17-23)11-12-35-27/h1-8,11-12,17-18,28,35H,9-10,13-16,19H2,(H,36,42)(H2,37,38,46)(H,39,41,43). The second kappa shape index (κ2) is 14.8. The molecule has 0 aliphatic carbocycles. The average Bonchev–Trinajstić information content (AvgIpc) is 3.64. The third-order valence-electron chi connectivity index (χ3n) is 7.75. The lowest BCUT2D eigenvalue weighted by Crippen LogP contribution is -2.54. The Balaban J connectivity index is 0.843. The van der Waals surface area contributed by atoms with Gasteiger partial charge in [-0.3, -0.25) is 34.2 Å². The van der Waals surface area contributed by atoms with Crippen LogP contribution in [0.15, 0.2) is 72.9 Å². The largest absolute Gasteiger partial charge is 0.491 e. The molecule has 1 saturated heterocycles. The number of anilines is 3. The second-order valence-corrected chi connectivity index (χ2v) is 11.2. The van der Waals surface area contributed by atoms with Crippen LogP contribution in [0.4, 0.5) is 21.9 Å². The number of aromatic amines is 1. The van der Waals surface area contributed by atoms with E-state index in [1.165, 1.54) is 12.1 Å². The minimum atomic E-state index is -1.04. The molecule has 1 atom stereocenters. The minimum Gasteiger partial charge on any atom is -0.491 e.